The van der Waals surface area contributed by atoms with Crippen LogP contribution in [0.1, 0.15) is 29.3 Å². The van der Waals surface area contributed by atoms with Crippen LogP contribution in [-0.4, -0.2) is 17.7 Å². The zero-order valence-corrected chi connectivity index (χ0v) is 13.1. The van der Waals surface area contributed by atoms with Crippen LogP contribution in [0.5, 0.6) is 5.75 Å². The van der Waals surface area contributed by atoms with E-state index in [-0.39, 0.29) is 5.56 Å². The van der Waals surface area contributed by atoms with Crippen molar-refractivity contribution in [3.05, 3.63) is 58.6 Å². The van der Waals surface area contributed by atoms with Gasteiger partial charge in [0.15, 0.2) is 0 Å². The smallest absolute Gasteiger partial charge is 0.335 e. The lowest BCUT2D eigenvalue weighted by Gasteiger charge is -2.10. The standard InChI is InChI=1S/C17H18ClNO3/c1-2-9-22-14-6-3-12(4-7-14)11-19-16-10-13(17(20)21)5-8-15(16)18/h3-8,10,19H,2,9,11H2,1H3,(H,20,21). The van der Waals surface area contributed by atoms with E-state index in [0.29, 0.717) is 23.9 Å². The summed E-state index contributed by atoms with van der Waals surface area (Å²) in [5, 5.41) is 12.6. The maximum absolute atomic E-state index is 11.0. The summed E-state index contributed by atoms with van der Waals surface area (Å²) in [6.07, 6.45) is 0.974. The Morgan fingerprint density at radius 1 is 1.23 bits per heavy atom. The first-order valence-corrected chi connectivity index (χ1v) is 7.46. The average molecular weight is 320 g/mol. The van der Waals surface area contributed by atoms with Gasteiger partial charge >= 0.3 is 5.97 Å². The van der Waals surface area contributed by atoms with Crippen LogP contribution in [0.25, 0.3) is 0 Å². The van der Waals surface area contributed by atoms with Gasteiger partial charge in [-0.3, -0.25) is 0 Å². The van der Waals surface area contributed by atoms with E-state index in [2.05, 4.69) is 12.2 Å². The van der Waals surface area contributed by atoms with Gasteiger partial charge in [-0.1, -0.05) is 30.7 Å². The molecule has 0 atom stereocenters. The molecule has 0 aliphatic carbocycles. The van der Waals surface area contributed by atoms with E-state index in [1.54, 1.807) is 6.07 Å². The Hall–Kier alpha value is -2.20. The summed E-state index contributed by atoms with van der Waals surface area (Å²) >= 11 is 6.07. The highest BCUT2D eigenvalue weighted by Crippen LogP contribution is 2.24. The minimum atomic E-state index is -0.975. The van der Waals surface area contributed by atoms with Gasteiger partial charge in [0.25, 0.3) is 0 Å². The normalized spacial score (nSPS) is 10.3. The van der Waals surface area contributed by atoms with Crippen LogP contribution < -0.4 is 10.1 Å². The predicted octanol–water partition coefficient (Wildman–Crippen LogP) is 4.44. The summed E-state index contributed by atoms with van der Waals surface area (Å²) in [6.45, 7) is 3.32. The van der Waals surface area contributed by atoms with E-state index in [1.165, 1.54) is 12.1 Å². The number of anilines is 1. The summed E-state index contributed by atoms with van der Waals surface area (Å²) in [4.78, 5) is 11.0. The Kier molecular flexibility index (Phi) is 5.67. The molecule has 2 aromatic rings. The van der Waals surface area contributed by atoms with Crippen molar-refractivity contribution < 1.29 is 14.6 Å². The molecule has 5 heteroatoms. The first kappa shape index (κ1) is 16.2. The molecule has 0 aliphatic heterocycles. The fourth-order valence-corrected chi connectivity index (χ4v) is 2.10. The number of benzene rings is 2. The zero-order valence-electron chi connectivity index (χ0n) is 12.3. The molecule has 0 heterocycles. The highest BCUT2D eigenvalue weighted by Gasteiger charge is 2.07. The minimum Gasteiger partial charge on any atom is -0.494 e. The van der Waals surface area contributed by atoms with Gasteiger partial charge in [-0.25, -0.2) is 4.79 Å². The Labute approximate surface area is 134 Å². The molecule has 0 saturated carbocycles. The second-order valence-electron chi connectivity index (χ2n) is 4.85. The third-order valence-corrected chi connectivity index (χ3v) is 3.42. The van der Waals surface area contributed by atoms with Crippen LogP contribution in [0.4, 0.5) is 5.69 Å². The lowest BCUT2D eigenvalue weighted by molar-refractivity contribution is 0.0697. The molecule has 0 fully saturated rings. The minimum absolute atomic E-state index is 0.204. The van der Waals surface area contributed by atoms with E-state index in [9.17, 15) is 4.79 Å². The van der Waals surface area contributed by atoms with Gasteiger partial charge in [0, 0.05) is 6.54 Å². The summed E-state index contributed by atoms with van der Waals surface area (Å²) < 4.78 is 5.53. The quantitative estimate of drug-likeness (QED) is 0.792. The van der Waals surface area contributed by atoms with Gasteiger partial charge < -0.3 is 15.2 Å². The number of carboxylic acid groups (broad SMARTS) is 1. The lowest BCUT2D eigenvalue weighted by atomic mass is 10.2. The number of hydrogen-bond donors (Lipinski definition) is 2. The maximum atomic E-state index is 11.0. The van der Waals surface area contributed by atoms with Gasteiger partial charge in [-0.15, -0.1) is 0 Å². The van der Waals surface area contributed by atoms with Crippen molar-refractivity contribution in [2.75, 3.05) is 11.9 Å². The van der Waals surface area contributed by atoms with Gasteiger partial charge in [0.2, 0.25) is 0 Å². The van der Waals surface area contributed by atoms with Gasteiger partial charge in [0.05, 0.1) is 22.9 Å². The number of carboxylic acids is 1. The van der Waals surface area contributed by atoms with Crippen LogP contribution in [0.3, 0.4) is 0 Å². The summed E-state index contributed by atoms with van der Waals surface area (Å²) in [7, 11) is 0. The van der Waals surface area contributed by atoms with E-state index in [1.807, 2.05) is 24.3 Å². The molecule has 4 nitrogen and oxygen atoms in total. The molecule has 0 aromatic heterocycles. The van der Waals surface area contributed by atoms with Gasteiger partial charge in [0.1, 0.15) is 5.75 Å². The third kappa shape index (κ3) is 4.40. The molecule has 0 bridgehead atoms. The first-order chi connectivity index (χ1) is 10.6. The Bertz CT molecular complexity index is 641. The number of ether oxygens (including phenoxy) is 1. The highest BCUT2D eigenvalue weighted by molar-refractivity contribution is 6.33. The molecule has 2 rings (SSSR count). The van der Waals surface area contributed by atoms with Crippen molar-refractivity contribution in [1.82, 2.24) is 0 Å². The highest BCUT2D eigenvalue weighted by atomic mass is 35.5. The molecule has 2 N–H and O–H groups in total. The van der Waals surface area contributed by atoms with E-state index in [0.717, 1.165) is 17.7 Å². The second kappa shape index (κ2) is 7.71. The van der Waals surface area contributed by atoms with Gasteiger partial charge in [-0.2, -0.15) is 0 Å². The van der Waals surface area contributed by atoms with Crippen LogP contribution in [-0.2, 0) is 6.54 Å². The molecular weight excluding hydrogens is 302 g/mol. The van der Waals surface area contributed by atoms with Crippen LogP contribution in [0, 0.1) is 0 Å². The number of aromatic carboxylic acids is 1. The Balaban J connectivity index is 2.00. The molecule has 2 aromatic carbocycles. The monoisotopic (exact) mass is 319 g/mol. The largest absolute Gasteiger partial charge is 0.494 e. The molecule has 0 aliphatic rings. The van der Waals surface area contributed by atoms with Gasteiger partial charge in [-0.05, 0) is 42.3 Å². The fourth-order valence-electron chi connectivity index (χ4n) is 1.91. The molecule has 116 valence electrons. The van der Waals surface area contributed by atoms with Crippen LogP contribution in [0.15, 0.2) is 42.5 Å². The van der Waals surface area contributed by atoms with Crippen molar-refractivity contribution in [3.63, 3.8) is 0 Å². The SMILES string of the molecule is CCCOc1ccc(CNc2cc(C(=O)O)ccc2Cl)cc1. The van der Waals surface area contributed by atoms with Crippen molar-refractivity contribution in [2.24, 2.45) is 0 Å². The van der Waals surface area contributed by atoms with E-state index < -0.39 is 5.97 Å². The summed E-state index contributed by atoms with van der Waals surface area (Å²) in [5.74, 6) is -0.131. The lowest BCUT2D eigenvalue weighted by Crippen LogP contribution is -2.03. The molecule has 0 radical (unpaired) electrons. The number of nitrogens with one attached hydrogen (secondary N) is 1. The number of carbonyl (C=O) groups is 1. The average Bonchev–Trinajstić information content (AvgIpc) is 2.53. The molecule has 0 spiro atoms. The molecule has 22 heavy (non-hydrogen) atoms. The molecule has 0 saturated heterocycles. The van der Waals surface area contributed by atoms with Crippen LogP contribution in [0.2, 0.25) is 5.02 Å². The second-order valence-corrected chi connectivity index (χ2v) is 5.25. The van der Waals surface area contributed by atoms with E-state index >= 15 is 0 Å². The molecular formula is C17H18ClNO3. The third-order valence-electron chi connectivity index (χ3n) is 3.09. The Morgan fingerprint density at radius 2 is 1.95 bits per heavy atom. The maximum Gasteiger partial charge on any atom is 0.335 e. The van der Waals surface area contributed by atoms with Crippen molar-refractivity contribution in [3.8, 4) is 5.75 Å². The molecule has 0 amide bonds. The van der Waals surface area contributed by atoms with E-state index in [4.69, 9.17) is 21.4 Å². The van der Waals surface area contributed by atoms with Crippen molar-refractivity contribution >= 4 is 23.3 Å². The van der Waals surface area contributed by atoms with Crippen LogP contribution >= 0.6 is 11.6 Å². The molecule has 0 unspecified atom stereocenters. The topological polar surface area (TPSA) is 58.6 Å². The fraction of sp³-hybridized carbons (Fsp3) is 0.235. The number of hydrogen-bond acceptors (Lipinski definition) is 3. The number of halogens is 1. The predicted molar refractivity (Wildman–Crippen MR) is 88.0 cm³/mol. The summed E-state index contributed by atoms with van der Waals surface area (Å²) in [6, 6.07) is 12.4. The van der Waals surface area contributed by atoms with Crippen molar-refractivity contribution in [1.29, 1.82) is 0 Å². The zero-order chi connectivity index (χ0) is 15.9. The first-order valence-electron chi connectivity index (χ1n) is 7.08. The number of rotatable bonds is 7. The Morgan fingerprint density at radius 3 is 2.59 bits per heavy atom. The van der Waals surface area contributed by atoms with Crippen molar-refractivity contribution in [2.45, 2.75) is 19.9 Å². The summed E-state index contributed by atoms with van der Waals surface area (Å²) in [5.41, 5.74) is 1.86.